The highest BCUT2D eigenvalue weighted by Crippen LogP contribution is 2.22. The summed E-state index contributed by atoms with van der Waals surface area (Å²) < 4.78 is 25.1. The van der Waals surface area contributed by atoms with E-state index in [-0.39, 0.29) is 5.02 Å². The first-order valence-electron chi connectivity index (χ1n) is 3.20. The third-order valence-corrected chi connectivity index (χ3v) is 1.69. The molecule has 0 saturated carbocycles. The normalized spacial score (nSPS) is 13.1. The molecule has 0 heterocycles. The molecular formula is C8H7ClF2. The highest BCUT2D eigenvalue weighted by Gasteiger charge is 2.05. The summed E-state index contributed by atoms with van der Waals surface area (Å²) in [5, 5.41) is -0.0352. The third-order valence-electron chi connectivity index (χ3n) is 1.40. The Bertz CT molecular complexity index is 258. The zero-order valence-corrected chi connectivity index (χ0v) is 6.70. The summed E-state index contributed by atoms with van der Waals surface area (Å²) in [5.41, 5.74) is 0.399. The summed E-state index contributed by atoms with van der Waals surface area (Å²) in [6, 6.07) is 3.83. The molecule has 0 N–H and O–H groups in total. The second-order valence-corrected chi connectivity index (χ2v) is 2.70. The van der Waals surface area contributed by atoms with Gasteiger partial charge in [0.2, 0.25) is 0 Å². The molecule has 60 valence electrons. The number of hydrogen-bond acceptors (Lipinski definition) is 0. The van der Waals surface area contributed by atoms with E-state index in [1.54, 1.807) is 0 Å². The van der Waals surface area contributed by atoms with Gasteiger partial charge in [-0.3, -0.25) is 0 Å². The summed E-state index contributed by atoms with van der Waals surface area (Å²) >= 11 is 5.42. The number of hydrogen-bond donors (Lipinski definition) is 0. The highest BCUT2D eigenvalue weighted by molar-refractivity contribution is 6.30. The monoisotopic (exact) mass is 176 g/mol. The maximum absolute atomic E-state index is 12.6. The maximum Gasteiger partial charge on any atom is 0.141 e. The van der Waals surface area contributed by atoms with Gasteiger partial charge in [-0.05, 0) is 24.6 Å². The van der Waals surface area contributed by atoms with E-state index in [0.29, 0.717) is 5.56 Å². The molecule has 0 bridgehead atoms. The van der Waals surface area contributed by atoms with Crippen LogP contribution in [0.25, 0.3) is 0 Å². The van der Waals surface area contributed by atoms with Crippen molar-refractivity contribution in [3.05, 3.63) is 34.6 Å². The van der Waals surface area contributed by atoms with Gasteiger partial charge in [-0.25, -0.2) is 8.78 Å². The number of alkyl halides is 1. The molecule has 1 rings (SSSR count). The Morgan fingerprint density at radius 2 is 2.09 bits per heavy atom. The van der Waals surface area contributed by atoms with Gasteiger partial charge in [-0.2, -0.15) is 0 Å². The Morgan fingerprint density at radius 3 is 2.55 bits per heavy atom. The van der Waals surface area contributed by atoms with Crippen molar-refractivity contribution in [1.29, 1.82) is 0 Å². The van der Waals surface area contributed by atoms with Gasteiger partial charge in [-0.1, -0.05) is 17.7 Å². The van der Waals surface area contributed by atoms with E-state index in [1.165, 1.54) is 19.1 Å². The SMILES string of the molecule is CC(F)c1ccc(F)c(Cl)c1. The molecule has 1 aromatic carbocycles. The molecule has 0 spiro atoms. The van der Waals surface area contributed by atoms with Gasteiger partial charge in [0, 0.05) is 0 Å². The van der Waals surface area contributed by atoms with Crippen LogP contribution in [0.15, 0.2) is 18.2 Å². The van der Waals surface area contributed by atoms with E-state index in [9.17, 15) is 8.78 Å². The van der Waals surface area contributed by atoms with Crippen molar-refractivity contribution in [1.82, 2.24) is 0 Å². The zero-order chi connectivity index (χ0) is 8.43. The van der Waals surface area contributed by atoms with E-state index < -0.39 is 12.0 Å². The predicted molar refractivity (Wildman–Crippen MR) is 40.9 cm³/mol. The van der Waals surface area contributed by atoms with Crippen LogP contribution in [0.3, 0.4) is 0 Å². The van der Waals surface area contributed by atoms with Crippen molar-refractivity contribution >= 4 is 11.6 Å². The van der Waals surface area contributed by atoms with Gasteiger partial charge >= 0.3 is 0 Å². The molecule has 3 heteroatoms. The quantitative estimate of drug-likeness (QED) is 0.614. The molecule has 0 aliphatic rings. The van der Waals surface area contributed by atoms with Crippen molar-refractivity contribution in [3.8, 4) is 0 Å². The first-order chi connectivity index (χ1) is 5.11. The Balaban J connectivity index is 3.05. The standard InChI is InChI=1S/C8H7ClF2/c1-5(10)6-2-3-8(11)7(9)4-6/h2-5H,1H3. The Morgan fingerprint density at radius 1 is 1.45 bits per heavy atom. The van der Waals surface area contributed by atoms with Crippen LogP contribution in [-0.2, 0) is 0 Å². The van der Waals surface area contributed by atoms with Gasteiger partial charge in [0.25, 0.3) is 0 Å². The van der Waals surface area contributed by atoms with Crippen LogP contribution in [-0.4, -0.2) is 0 Å². The van der Waals surface area contributed by atoms with Crippen molar-refractivity contribution in [2.75, 3.05) is 0 Å². The van der Waals surface area contributed by atoms with Gasteiger partial charge < -0.3 is 0 Å². The van der Waals surface area contributed by atoms with Crippen LogP contribution in [0.4, 0.5) is 8.78 Å². The third kappa shape index (κ3) is 1.90. The Hall–Kier alpha value is -0.630. The Kier molecular flexibility index (Phi) is 2.45. The fourth-order valence-electron chi connectivity index (χ4n) is 0.760. The minimum Gasteiger partial charge on any atom is -0.243 e. The molecule has 1 aromatic rings. The molecule has 0 amide bonds. The lowest BCUT2D eigenvalue weighted by Gasteiger charge is -2.01. The smallest absolute Gasteiger partial charge is 0.141 e. The van der Waals surface area contributed by atoms with Gasteiger partial charge in [0.1, 0.15) is 12.0 Å². The Labute approximate surface area is 68.8 Å². The largest absolute Gasteiger partial charge is 0.243 e. The first kappa shape index (κ1) is 8.47. The number of halogens is 3. The molecule has 1 atom stereocenters. The van der Waals surface area contributed by atoms with Gasteiger partial charge in [0.05, 0.1) is 5.02 Å². The molecule has 11 heavy (non-hydrogen) atoms. The van der Waals surface area contributed by atoms with Gasteiger partial charge in [-0.15, -0.1) is 0 Å². The maximum atomic E-state index is 12.6. The summed E-state index contributed by atoms with van der Waals surface area (Å²) in [4.78, 5) is 0. The number of benzene rings is 1. The highest BCUT2D eigenvalue weighted by atomic mass is 35.5. The fourth-order valence-corrected chi connectivity index (χ4v) is 0.949. The topological polar surface area (TPSA) is 0 Å². The van der Waals surface area contributed by atoms with E-state index in [2.05, 4.69) is 0 Å². The molecule has 0 fully saturated rings. The van der Waals surface area contributed by atoms with Crippen molar-refractivity contribution < 1.29 is 8.78 Å². The average Bonchev–Trinajstić information content (AvgIpc) is 1.94. The van der Waals surface area contributed by atoms with Crippen LogP contribution < -0.4 is 0 Å². The lowest BCUT2D eigenvalue weighted by atomic mass is 10.1. The number of rotatable bonds is 1. The minimum atomic E-state index is -1.10. The summed E-state index contributed by atoms with van der Waals surface area (Å²) in [5.74, 6) is -0.518. The predicted octanol–water partition coefficient (Wildman–Crippen LogP) is 3.51. The zero-order valence-electron chi connectivity index (χ0n) is 5.94. The van der Waals surface area contributed by atoms with Crippen molar-refractivity contribution in [2.24, 2.45) is 0 Å². The lowest BCUT2D eigenvalue weighted by molar-refractivity contribution is 0.374. The fraction of sp³-hybridized carbons (Fsp3) is 0.250. The van der Waals surface area contributed by atoms with Crippen LogP contribution in [0.5, 0.6) is 0 Å². The van der Waals surface area contributed by atoms with Crippen LogP contribution in [0.1, 0.15) is 18.7 Å². The van der Waals surface area contributed by atoms with E-state index >= 15 is 0 Å². The van der Waals surface area contributed by atoms with Crippen LogP contribution >= 0.6 is 11.6 Å². The summed E-state index contributed by atoms with van der Waals surface area (Å²) in [7, 11) is 0. The summed E-state index contributed by atoms with van der Waals surface area (Å²) in [6.45, 7) is 1.38. The van der Waals surface area contributed by atoms with Crippen molar-refractivity contribution in [2.45, 2.75) is 13.1 Å². The van der Waals surface area contributed by atoms with Crippen LogP contribution in [0, 0.1) is 5.82 Å². The lowest BCUT2D eigenvalue weighted by Crippen LogP contribution is -1.86. The second-order valence-electron chi connectivity index (χ2n) is 2.29. The molecule has 0 aliphatic heterocycles. The second kappa shape index (κ2) is 3.18. The van der Waals surface area contributed by atoms with E-state index in [1.807, 2.05) is 0 Å². The van der Waals surface area contributed by atoms with Gasteiger partial charge in [0.15, 0.2) is 0 Å². The molecule has 0 aliphatic carbocycles. The molecule has 0 radical (unpaired) electrons. The van der Waals surface area contributed by atoms with Crippen LogP contribution in [0.2, 0.25) is 5.02 Å². The molecule has 0 saturated heterocycles. The molecule has 1 unspecified atom stereocenters. The molecular weight excluding hydrogens is 170 g/mol. The average molecular weight is 177 g/mol. The summed E-state index contributed by atoms with van der Waals surface area (Å²) in [6.07, 6.45) is -1.10. The van der Waals surface area contributed by atoms with E-state index in [0.717, 1.165) is 6.07 Å². The van der Waals surface area contributed by atoms with E-state index in [4.69, 9.17) is 11.6 Å². The molecule has 0 aromatic heterocycles. The van der Waals surface area contributed by atoms with Crippen molar-refractivity contribution in [3.63, 3.8) is 0 Å². The first-order valence-corrected chi connectivity index (χ1v) is 3.58. The molecule has 0 nitrogen and oxygen atoms in total. The minimum absolute atomic E-state index is 0.0352.